The van der Waals surface area contributed by atoms with Crippen molar-refractivity contribution < 1.29 is 4.79 Å². The molecule has 134 valence electrons. The molecule has 1 amide bonds. The number of aromatic nitrogens is 2. The molecule has 0 spiro atoms. The molecule has 1 aromatic heterocycles. The minimum absolute atomic E-state index is 0.129. The fraction of sp³-hybridized carbons (Fsp3) is 0.250. The Morgan fingerprint density at radius 2 is 1.73 bits per heavy atom. The van der Waals surface area contributed by atoms with E-state index in [2.05, 4.69) is 21.0 Å². The van der Waals surface area contributed by atoms with Crippen molar-refractivity contribution >= 4 is 32.6 Å². The molecular weight excluding hydrogens is 394 g/mol. The highest BCUT2D eigenvalue weighted by Gasteiger charge is 2.20. The van der Waals surface area contributed by atoms with E-state index in [9.17, 15) is 9.59 Å². The van der Waals surface area contributed by atoms with Gasteiger partial charge >= 0.3 is 0 Å². The lowest BCUT2D eigenvalue weighted by Gasteiger charge is -2.19. The van der Waals surface area contributed by atoms with Gasteiger partial charge in [0.15, 0.2) is 5.69 Å². The molecule has 5 nitrogen and oxygen atoms in total. The fourth-order valence-corrected chi connectivity index (χ4v) is 3.10. The van der Waals surface area contributed by atoms with Crippen LogP contribution in [-0.4, -0.2) is 27.6 Å². The summed E-state index contributed by atoms with van der Waals surface area (Å²) in [5, 5.41) is 5.48. The van der Waals surface area contributed by atoms with Crippen LogP contribution in [0.4, 0.5) is 0 Å². The zero-order valence-corrected chi connectivity index (χ0v) is 16.5. The van der Waals surface area contributed by atoms with Crippen molar-refractivity contribution in [2.45, 2.75) is 26.4 Å². The molecule has 6 heteroatoms. The number of halogens is 1. The predicted octanol–water partition coefficient (Wildman–Crippen LogP) is 4.01. The largest absolute Gasteiger partial charge is 0.336 e. The molecule has 2 aromatic carbocycles. The summed E-state index contributed by atoms with van der Waals surface area (Å²) in [5.41, 5.74) is 1.14. The number of carbonyl (C=O) groups is 1. The van der Waals surface area contributed by atoms with Gasteiger partial charge in [0.25, 0.3) is 11.5 Å². The van der Waals surface area contributed by atoms with Gasteiger partial charge in [-0.1, -0.05) is 46.3 Å². The third-order valence-corrected chi connectivity index (χ3v) is 4.73. The molecule has 0 aliphatic heterocycles. The Labute approximate surface area is 160 Å². The second kappa shape index (κ2) is 7.41. The SMILES string of the molecule is CC(C)n1nc(C(=O)N(C)Cc2ccc(Br)cc2)c2ccccc2c1=O. The average Bonchev–Trinajstić information content (AvgIpc) is 2.63. The third-order valence-electron chi connectivity index (χ3n) is 4.20. The summed E-state index contributed by atoms with van der Waals surface area (Å²) >= 11 is 3.41. The van der Waals surface area contributed by atoms with Crippen molar-refractivity contribution in [1.29, 1.82) is 0 Å². The lowest BCUT2D eigenvalue weighted by atomic mass is 10.1. The zero-order valence-electron chi connectivity index (χ0n) is 14.9. The highest BCUT2D eigenvalue weighted by Crippen LogP contribution is 2.18. The third kappa shape index (κ3) is 3.55. The Kier molecular flexibility index (Phi) is 5.23. The first kappa shape index (κ1) is 18.3. The van der Waals surface area contributed by atoms with Gasteiger partial charge in [0.05, 0.1) is 11.4 Å². The molecule has 0 saturated heterocycles. The van der Waals surface area contributed by atoms with E-state index in [1.54, 1.807) is 30.1 Å². The van der Waals surface area contributed by atoms with E-state index in [-0.39, 0.29) is 17.5 Å². The molecular formula is C20H20BrN3O2. The van der Waals surface area contributed by atoms with Crippen molar-refractivity contribution in [1.82, 2.24) is 14.7 Å². The molecule has 0 bridgehead atoms. The highest BCUT2D eigenvalue weighted by molar-refractivity contribution is 9.10. The Morgan fingerprint density at radius 3 is 2.35 bits per heavy atom. The summed E-state index contributed by atoms with van der Waals surface area (Å²) < 4.78 is 2.37. The van der Waals surface area contributed by atoms with Crippen molar-refractivity contribution in [2.24, 2.45) is 0 Å². The molecule has 3 rings (SSSR count). The van der Waals surface area contributed by atoms with Crippen molar-refractivity contribution in [3.8, 4) is 0 Å². The second-order valence-electron chi connectivity index (χ2n) is 6.53. The van der Waals surface area contributed by atoms with Crippen LogP contribution in [0.5, 0.6) is 0 Å². The summed E-state index contributed by atoms with van der Waals surface area (Å²) in [6.45, 7) is 4.22. The summed E-state index contributed by atoms with van der Waals surface area (Å²) in [4.78, 5) is 27.3. The molecule has 3 aromatic rings. The summed E-state index contributed by atoms with van der Waals surface area (Å²) in [6, 6.07) is 14.8. The number of benzene rings is 2. The highest BCUT2D eigenvalue weighted by atomic mass is 79.9. The molecule has 0 atom stereocenters. The fourth-order valence-electron chi connectivity index (χ4n) is 2.83. The van der Waals surface area contributed by atoms with Crippen molar-refractivity contribution in [3.63, 3.8) is 0 Å². The second-order valence-corrected chi connectivity index (χ2v) is 7.44. The predicted molar refractivity (Wildman–Crippen MR) is 106 cm³/mol. The number of hydrogen-bond donors (Lipinski definition) is 0. The smallest absolute Gasteiger partial charge is 0.274 e. The molecule has 0 radical (unpaired) electrons. The van der Waals surface area contributed by atoms with Crippen molar-refractivity contribution in [3.05, 3.63) is 74.6 Å². The zero-order chi connectivity index (χ0) is 18.8. The molecule has 0 aliphatic carbocycles. The maximum atomic E-state index is 13.1. The minimum Gasteiger partial charge on any atom is -0.336 e. The van der Waals surface area contributed by atoms with Crippen molar-refractivity contribution in [2.75, 3.05) is 7.05 Å². The van der Waals surface area contributed by atoms with Gasteiger partial charge in [-0.15, -0.1) is 0 Å². The van der Waals surface area contributed by atoms with E-state index < -0.39 is 0 Å². The monoisotopic (exact) mass is 413 g/mol. The van der Waals surface area contributed by atoms with Crippen LogP contribution in [0.25, 0.3) is 10.8 Å². The number of fused-ring (bicyclic) bond motifs is 1. The number of carbonyl (C=O) groups excluding carboxylic acids is 1. The van der Waals surface area contributed by atoms with Crippen LogP contribution in [-0.2, 0) is 6.54 Å². The topological polar surface area (TPSA) is 55.2 Å². The molecule has 0 saturated carbocycles. The standard InChI is InChI=1S/C20H20BrN3O2/c1-13(2)24-19(25)17-7-5-4-6-16(17)18(22-24)20(26)23(3)12-14-8-10-15(21)11-9-14/h4-11,13H,12H2,1-3H3. The summed E-state index contributed by atoms with van der Waals surface area (Å²) in [7, 11) is 1.74. The molecule has 0 unspecified atom stereocenters. The van der Waals surface area contributed by atoms with Gasteiger partial charge in [-0.3, -0.25) is 9.59 Å². The first-order valence-electron chi connectivity index (χ1n) is 8.40. The lowest BCUT2D eigenvalue weighted by molar-refractivity contribution is 0.0778. The molecule has 0 aliphatic rings. The number of rotatable bonds is 4. The quantitative estimate of drug-likeness (QED) is 0.648. The van der Waals surface area contributed by atoms with E-state index in [0.717, 1.165) is 10.0 Å². The van der Waals surface area contributed by atoms with Crippen LogP contribution in [0.2, 0.25) is 0 Å². The van der Waals surface area contributed by atoms with Gasteiger partial charge in [-0.2, -0.15) is 5.10 Å². The van der Waals surface area contributed by atoms with Crippen LogP contribution in [0.3, 0.4) is 0 Å². The van der Waals surface area contributed by atoms with Gasteiger partial charge in [0.1, 0.15) is 0 Å². The number of hydrogen-bond acceptors (Lipinski definition) is 3. The van der Waals surface area contributed by atoms with E-state index in [4.69, 9.17) is 0 Å². The molecule has 26 heavy (non-hydrogen) atoms. The Morgan fingerprint density at radius 1 is 1.12 bits per heavy atom. The van der Waals surface area contributed by atoms with Crippen LogP contribution >= 0.6 is 15.9 Å². The normalized spacial score (nSPS) is 11.1. The summed E-state index contributed by atoms with van der Waals surface area (Å²) in [5.74, 6) is -0.210. The van der Waals surface area contributed by atoms with Gasteiger partial charge in [0, 0.05) is 23.5 Å². The summed E-state index contributed by atoms with van der Waals surface area (Å²) in [6.07, 6.45) is 0. The molecule has 1 heterocycles. The van der Waals surface area contributed by atoms with Gasteiger partial charge in [-0.05, 0) is 37.6 Å². The van der Waals surface area contributed by atoms with E-state index in [0.29, 0.717) is 23.0 Å². The Hall–Kier alpha value is -2.47. The van der Waals surface area contributed by atoms with Gasteiger partial charge in [-0.25, -0.2) is 4.68 Å². The van der Waals surface area contributed by atoms with Crippen LogP contribution in [0.1, 0.15) is 35.9 Å². The first-order chi connectivity index (χ1) is 12.4. The Bertz CT molecular complexity index is 1010. The number of amides is 1. The van der Waals surface area contributed by atoms with E-state index >= 15 is 0 Å². The molecule has 0 fully saturated rings. The first-order valence-corrected chi connectivity index (χ1v) is 9.19. The molecule has 0 N–H and O–H groups in total. The van der Waals surface area contributed by atoms with E-state index in [1.165, 1.54) is 4.68 Å². The Balaban J connectivity index is 2.03. The number of nitrogens with zero attached hydrogens (tertiary/aromatic N) is 3. The van der Waals surface area contributed by atoms with E-state index in [1.807, 2.05) is 44.2 Å². The minimum atomic E-state index is -0.210. The maximum absolute atomic E-state index is 13.1. The van der Waals surface area contributed by atoms with Gasteiger partial charge < -0.3 is 4.90 Å². The maximum Gasteiger partial charge on any atom is 0.274 e. The van der Waals surface area contributed by atoms with Gasteiger partial charge in [0.2, 0.25) is 0 Å². The average molecular weight is 414 g/mol. The van der Waals surface area contributed by atoms with Crippen LogP contribution in [0.15, 0.2) is 57.8 Å². The van der Waals surface area contributed by atoms with Crippen LogP contribution in [0, 0.1) is 0 Å². The van der Waals surface area contributed by atoms with Crippen LogP contribution < -0.4 is 5.56 Å². The lowest BCUT2D eigenvalue weighted by Crippen LogP contribution is -2.32.